The standard InChI is InChI=1S/C10H10F2O2S/c1-2-15-8-5-3-4-7(6-8)10(11,12)9(13)14/h3-6H,2H2,1H3,(H,13,14). The minimum absolute atomic E-state index is 0.478. The number of carboxylic acid groups (broad SMARTS) is 1. The molecule has 1 rings (SSSR count). The Morgan fingerprint density at radius 2 is 2.20 bits per heavy atom. The van der Waals surface area contributed by atoms with Crippen molar-refractivity contribution in [3.63, 3.8) is 0 Å². The lowest BCUT2D eigenvalue weighted by Crippen LogP contribution is -2.25. The minimum atomic E-state index is -3.82. The number of alkyl halides is 2. The van der Waals surface area contributed by atoms with E-state index in [0.717, 1.165) is 11.8 Å². The first kappa shape index (κ1) is 12.0. The maximum atomic E-state index is 13.1. The Bertz CT molecular complexity index is 366. The van der Waals surface area contributed by atoms with Gasteiger partial charge in [0.25, 0.3) is 0 Å². The van der Waals surface area contributed by atoms with Gasteiger partial charge < -0.3 is 5.11 Å². The Labute approximate surface area is 90.3 Å². The summed E-state index contributed by atoms with van der Waals surface area (Å²) in [5.74, 6) is -5.19. The van der Waals surface area contributed by atoms with Crippen LogP contribution in [-0.2, 0) is 10.7 Å². The van der Waals surface area contributed by atoms with Crippen molar-refractivity contribution < 1.29 is 18.7 Å². The van der Waals surface area contributed by atoms with Crippen LogP contribution in [0.25, 0.3) is 0 Å². The van der Waals surface area contributed by atoms with E-state index in [1.165, 1.54) is 23.9 Å². The summed E-state index contributed by atoms with van der Waals surface area (Å²) < 4.78 is 26.2. The summed E-state index contributed by atoms with van der Waals surface area (Å²) in [6, 6.07) is 5.44. The number of carbonyl (C=O) groups is 1. The van der Waals surface area contributed by atoms with Gasteiger partial charge >= 0.3 is 11.9 Å². The van der Waals surface area contributed by atoms with Crippen LogP contribution in [0.1, 0.15) is 12.5 Å². The highest BCUT2D eigenvalue weighted by Crippen LogP contribution is 2.30. The molecule has 15 heavy (non-hydrogen) atoms. The van der Waals surface area contributed by atoms with E-state index in [4.69, 9.17) is 5.11 Å². The van der Waals surface area contributed by atoms with Gasteiger partial charge in [0.1, 0.15) is 0 Å². The fourth-order valence-corrected chi connectivity index (χ4v) is 1.79. The van der Waals surface area contributed by atoms with Crippen LogP contribution in [0.3, 0.4) is 0 Å². The molecule has 0 aromatic heterocycles. The molecule has 0 aliphatic heterocycles. The van der Waals surface area contributed by atoms with E-state index >= 15 is 0 Å². The minimum Gasteiger partial charge on any atom is -0.477 e. The highest BCUT2D eigenvalue weighted by Gasteiger charge is 2.40. The molecule has 0 aliphatic carbocycles. The molecule has 5 heteroatoms. The maximum absolute atomic E-state index is 13.1. The molecule has 2 nitrogen and oxygen atoms in total. The number of halogens is 2. The predicted octanol–water partition coefficient (Wildman–Crippen LogP) is 2.98. The number of benzene rings is 1. The van der Waals surface area contributed by atoms with Crippen molar-refractivity contribution in [3.05, 3.63) is 29.8 Å². The molecule has 0 amide bonds. The van der Waals surface area contributed by atoms with Gasteiger partial charge in [-0.05, 0) is 17.9 Å². The zero-order valence-corrected chi connectivity index (χ0v) is 8.85. The van der Waals surface area contributed by atoms with E-state index in [1.54, 1.807) is 6.07 Å². The van der Waals surface area contributed by atoms with Crippen molar-refractivity contribution >= 4 is 17.7 Å². The molecule has 1 aromatic rings. The van der Waals surface area contributed by atoms with Crippen LogP contribution >= 0.6 is 11.8 Å². The molecule has 0 aliphatic rings. The Hall–Kier alpha value is -1.10. The van der Waals surface area contributed by atoms with E-state index < -0.39 is 17.5 Å². The van der Waals surface area contributed by atoms with Gasteiger partial charge in [-0.25, -0.2) is 4.79 Å². The van der Waals surface area contributed by atoms with Gasteiger partial charge in [0.05, 0.1) is 0 Å². The summed E-state index contributed by atoms with van der Waals surface area (Å²) in [6.45, 7) is 1.90. The second-order valence-corrected chi connectivity index (χ2v) is 4.18. The lowest BCUT2D eigenvalue weighted by Gasteiger charge is -2.12. The quantitative estimate of drug-likeness (QED) is 0.811. The van der Waals surface area contributed by atoms with Gasteiger partial charge in [0, 0.05) is 10.5 Å². The summed E-state index contributed by atoms with van der Waals surface area (Å²) in [7, 11) is 0. The first-order valence-corrected chi connectivity index (χ1v) is 5.31. The average Bonchev–Trinajstić information content (AvgIpc) is 2.18. The normalized spacial score (nSPS) is 11.4. The number of carboxylic acids is 1. The molecule has 0 radical (unpaired) electrons. The maximum Gasteiger partial charge on any atom is 0.379 e. The first-order chi connectivity index (χ1) is 6.98. The number of rotatable bonds is 4. The Kier molecular flexibility index (Phi) is 3.68. The molecular weight excluding hydrogens is 222 g/mol. The number of hydrogen-bond donors (Lipinski definition) is 1. The van der Waals surface area contributed by atoms with Crippen molar-refractivity contribution in [2.75, 3.05) is 5.75 Å². The molecule has 0 unspecified atom stereocenters. The van der Waals surface area contributed by atoms with Crippen LogP contribution in [0.5, 0.6) is 0 Å². The SMILES string of the molecule is CCSc1cccc(C(F)(F)C(=O)O)c1. The van der Waals surface area contributed by atoms with Crippen molar-refractivity contribution in [2.24, 2.45) is 0 Å². The largest absolute Gasteiger partial charge is 0.477 e. The summed E-state index contributed by atoms with van der Waals surface area (Å²) in [5, 5.41) is 8.36. The van der Waals surface area contributed by atoms with Crippen LogP contribution in [0.2, 0.25) is 0 Å². The number of aliphatic carboxylic acids is 1. The lowest BCUT2D eigenvalue weighted by atomic mass is 10.1. The topological polar surface area (TPSA) is 37.3 Å². The predicted molar refractivity (Wildman–Crippen MR) is 54.4 cm³/mol. The van der Waals surface area contributed by atoms with Crippen molar-refractivity contribution in [3.8, 4) is 0 Å². The molecule has 1 aromatic carbocycles. The zero-order valence-electron chi connectivity index (χ0n) is 8.04. The highest BCUT2D eigenvalue weighted by molar-refractivity contribution is 7.99. The summed E-state index contributed by atoms with van der Waals surface area (Å²) >= 11 is 1.39. The van der Waals surface area contributed by atoms with Gasteiger partial charge in [0.2, 0.25) is 0 Å². The Morgan fingerprint density at radius 3 is 2.73 bits per heavy atom. The second-order valence-electron chi connectivity index (χ2n) is 2.84. The highest BCUT2D eigenvalue weighted by atomic mass is 32.2. The fourth-order valence-electron chi connectivity index (χ4n) is 1.07. The van der Waals surface area contributed by atoms with Gasteiger partial charge in [0.15, 0.2) is 0 Å². The van der Waals surface area contributed by atoms with E-state index in [0.29, 0.717) is 4.90 Å². The molecule has 0 saturated carbocycles. The smallest absolute Gasteiger partial charge is 0.379 e. The molecular formula is C10H10F2O2S. The van der Waals surface area contributed by atoms with Crippen LogP contribution in [0.4, 0.5) is 8.78 Å². The van der Waals surface area contributed by atoms with Crippen molar-refractivity contribution in [1.82, 2.24) is 0 Å². The average molecular weight is 232 g/mol. The molecule has 82 valence electrons. The van der Waals surface area contributed by atoms with Gasteiger partial charge in [-0.3, -0.25) is 0 Å². The molecule has 0 fully saturated rings. The van der Waals surface area contributed by atoms with E-state index in [-0.39, 0.29) is 0 Å². The second kappa shape index (κ2) is 4.61. The Morgan fingerprint density at radius 1 is 1.53 bits per heavy atom. The number of hydrogen-bond acceptors (Lipinski definition) is 2. The third-order valence-electron chi connectivity index (χ3n) is 1.78. The Balaban J connectivity index is 3.04. The molecule has 0 bridgehead atoms. The van der Waals surface area contributed by atoms with Crippen LogP contribution in [0, 0.1) is 0 Å². The summed E-state index contributed by atoms with van der Waals surface area (Å²) in [5.41, 5.74) is -0.478. The van der Waals surface area contributed by atoms with E-state index in [1.807, 2.05) is 6.92 Å². The fraction of sp³-hybridized carbons (Fsp3) is 0.300. The summed E-state index contributed by atoms with van der Waals surface area (Å²) in [6.07, 6.45) is 0. The zero-order chi connectivity index (χ0) is 11.5. The summed E-state index contributed by atoms with van der Waals surface area (Å²) in [4.78, 5) is 11.0. The van der Waals surface area contributed by atoms with Crippen molar-refractivity contribution in [1.29, 1.82) is 0 Å². The molecule has 0 saturated heterocycles. The third-order valence-corrected chi connectivity index (χ3v) is 2.65. The van der Waals surface area contributed by atoms with E-state index in [2.05, 4.69) is 0 Å². The molecule has 0 heterocycles. The monoisotopic (exact) mass is 232 g/mol. The molecule has 0 spiro atoms. The van der Waals surface area contributed by atoms with Gasteiger partial charge in [-0.2, -0.15) is 8.78 Å². The van der Waals surface area contributed by atoms with Crippen LogP contribution in [0.15, 0.2) is 29.2 Å². The van der Waals surface area contributed by atoms with Crippen LogP contribution < -0.4 is 0 Å². The van der Waals surface area contributed by atoms with E-state index in [9.17, 15) is 13.6 Å². The van der Waals surface area contributed by atoms with Crippen molar-refractivity contribution in [2.45, 2.75) is 17.7 Å². The van der Waals surface area contributed by atoms with Gasteiger partial charge in [-0.1, -0.05) is 19.1 Å². The van der Waals surface area contributed by atoms with Gasteiger partial charge in [-0.15, -0.1) is 11.8 Å². The first-order valence-electron chi connectivity index (χ1n) is 4.33. The number of thioether (sulfide) groups is 1. The third kappa shape index (κ3) is 2.68. The van der Waals surface area contributed by atoms with Crippen LogP contribution in [-0.4, -0.2) is 16.8 Å². The lowest BCUT2D eigenvalue weighted by molar-refractivity contribution is -0.166. The molecule has 0 atom stereocenters. The molecule has 1 N–H and O–H groups in total.